The Bertz CT molecular complexity index is 1050. The summed E-state index contributed by atoms with van der Waals surface area (Å²) in [6.45, 7) is 2.27. The van der Waals surface area contributed by atoms with Crippen molar-refractivity contribution in [3.05, 3.63) is 75.2 Å². The number of halogens is 2. The van der Waals surface area contributed by atoms with Gasteiger partial charge in [0.1, 0.15) is 0 Å². The topological polar surface area (TPSA) is 4.93 Å². The van der Waals surface area contributed by atoms with E-state index in [9.17, 15) is 0 Å². The van der Waals surface area contributed by atoms with Crippen molar-refractivity contribution >= 4 is 53.7 Å². The zero-order chi connectivity index (χ0) is 20.2. The van der Waals surface area contributed by atoms with Gasteiger partial charge in [0, 0.05) is 25.4 Å². The van der Waals surface area contributed by atoms with Crippen molar-refractivity contribution in [3.8, 4) is 5.69 Å². The van der Waals surface area contributed by atoms with Gasteiger partial charge >= 0.3 is 0 Å². The molecule has 0 amide bonds. The monoisotopic (exact) mass is 511 g/mol. The number of hydrogen-bond acceptors (Lipinski definition) is 0. The number of fused-ring (bicyclic) bond motifs is 3. The Morgan fingerprint density at radius 2 is 1.21 bits per heavy atom. The minimum Gasteiger partial charge on any atom is -0.309 e. The van der Waals surface area contributed by atoms with E-state index < -0.39 is 0 Å². The summed E-state index contributed by atoms with van der Waals surface area (Å²) in [6, 6.07) is 22.2. The van der Waals surface area contributed by atoms with Crippen molar-refractivity contribution in [2.45, 2.75) is 51.9 Å². The number of nitrogens with zero attached hydrogens (tertiary/aromatic N) is 1. The molecule has 0 N–H and O–H groups in total. The van der Waals surface area contributed by atoms with E-state index in [1.165, 1.54) is 78.0 Å². The molecule has 0 aliphatic rings. The maximum atomic E-state index is 3.63. The third-order valence-corrected chi connectivity index (χ3v) is 6.69. The van der Waals surface area contributed by atoms with Gasteiger partial charge in [-0.3, -0.25) is 0 Å². The van der Waals surface area contributed by atoms with Crippen LogP contribution in [0.4, 0.5) is 0 Å². The lowest BCUT2D eigenvalue weighted by molar-refractivity contribution is 0.607. The molecule has 1 nitrogen and oxygen atoms in total. The summed E-state index contributed by atoms with van der Waals surface area (Å²) in [4.78, 5) is 0. The zero-order valence-corrected chi connectivity index (χ0v) is 20.1. The van der Waals surface area contributed by atoms with Crippen LogP contribution in [-0.2, 0) is 6.42 Å². The van der Waals surface area contributed by atoms with Crippen LogP contribution >= 0.6 is 31.9 Å². The highest BCUT2D eigenvalue weighted by atomic mass is 79.9. The van der Waals surface area contributed by atoms with E-state index >= 15 is 0 Å². The van der Waals surface area contributed by atoms with E-state index in [1.807, 2.05) is 0 Å². The van der Waals surface area contributed by atoms with Gasteiger partial charge < -0.3 is 4.57 Å². The van der Waals surface area contributed by atoms with Gasteiger partial charge in [-0.05, 0) is 66.9 Å². The first-order valence-electron chi connectivity index (χ1n) is 10.7. The number of hydrogen-bond donors (Lipinski definition) is 0. The molecule has 1 heterocycles. The highest BCUT2D eigenvalue weighted by Gasteiger charge is 2.13. The van der Waals surface area contributed by atoms with Gasteiger partial charge in [-0.25, -0.2) is 0 Å². The van der Waals surface area contributed by atoms with Crippen molar-refractivity contribution < 1.29 is 0 Å². The lowest BCUT2D eigenvalue weighted by Crippen LogP contribution is -1.94. The number of aromatic nitrogens is 1. The molecule has 0 saturated carbocycles. The van der Waals surface area contributed by atoms with Crippen LogP contribution in [0.2, 0.25) is 0 Å². The third-order valence-electron chi connectivity index (χ3n) is 5.70. The molecule has 0 bridgehead atoms. The van der Waals surface area contributed by atoms with Gasteiger partial charge in [0.25, 0.3) is 0 Å². The molecule has 1 aromatic heterocycles. The SMILES string of the molecule is CCCCCCCCc1ccc(-n2c3ccc(Br)cc3c3cc(Br)ccc32)cc1. The molecule has 29 heavy (non-hydrogen) atoms. The number of aryl methyl sites for hydroxylation is 1. The van der Waals surface area contributed by atoms with Crippen LogP contribution in [0.1, 0.15) is 51.0 Å². The van der Waals surface area contributed by atoms with Crippen molar-refractivity contribution in [2.75, 3.05) is 0 Å². The molecule has 0 spiro atoms. The minimum atomic E-state index is 1.11. The Morgan fingerprint density at radius 1 is 0.655 bits per heavy atom. The summed E-state index contributed by atoms with van der Waals surface area (Å²) >= 11 is 7.27. The Morgan fingerprint density at radius 3 is 1.79 bits per heavy atom. The molecule has 4 rings (SSSR count). The predicted molar refractivity (Wildman–Crippen MR) is 133 cm³/mol. The maximum Gasteiger partial charge on any atom is 0.0541 e. The van der Waals surface area contributed by atoms with Crippen LogP contribution in [0.15, 0.2) is 69.6 Å². The van der Waals surface area contributed by atoms with Gasteiger partial charge in [-0.15, -0.1) is 0 Å². The average Bonchev–Trinajstić information content (AvgIpc) is 3.04. The van der Waals surface area contributed by atoms with Crippen molar-refractivity contribution in [1.82, 2.24) is 4.57 Å². The van der Waals surface area contributed by atoms with Crippen LogP contribution in [0, 0.1) is 0 Å². The van der Waals surface area contributed by atoms with E-state index in [4.69, 9.17) is 0 Å². The average molecular weight is 513 g/mol. The second-order valence-electron chi connectivity index (χ2n) is 7.84. The summed E-state index contributed by atoms with van der Waals surface area (Å²) in [6.07, 6.45) is 9.27. The Labute approximate surface area is 190 Å². The van der Waals surface area contributed by atoms with Crippen molar-refractivity contribution in [1.29, 1.82) is 0 Å². The fraction of sp³-hybridized carbons (Fsp3) is 0.308. The standard InChI is InChI=1S/C26H27Br2N/c1-2-3-4-5-6-7-8-19-9-13-22(14-10-19)29-25-15-11-20(27)17-23(25)24-18-21(28)12-16-26(24)29/h9-18H,2-8H2,1H3. The summed E-state index contributed by atoms with van der Waals surface area (Å²) in [7, 11) is 0. The van der Waals surface area contributed by atoms with Crippen LogP contribution in [0.25, 0.3) is 27.5 Å². The highest BCUT2D eigenvalue weighted by molar-refractivity contribution is 9.10. The predicted octanol–water partition coefficient (Wildman–Crippen LogP) is 9.21. The zero-order valence-electron chi connectivity index (χ0n) is 16.9. The molecule has 0 aliphatic carbocycles. The highest BCUT2D eigenvalue weighted by Crippen LogP contribution is 2.35. The van der Waals surface area contributed by atoms with Gasteiger partial charge in [0.05, 0.1) is 11.0 Å². The molecule has 4 aromatic rings. The summed E-state index contributed by atoms with van der Waals surface area (Å²) in [5.41, 5.74) is 5.15. The largest absolute Gasteiger partial charge is 0.309 e. The van der Waals surface area contributed by atoms with Crippen LogP contribution in [-0.4, -0.2) is 4.57 Å². The molecule has 0 saturated heterocycles. The smallest absolute Gasteiger partial charge is 0.0541 e. The molecule has 3 heteroatoms. The van der Waals surface area contributed by atoms with Gasteiger partial charge in [-0.2, -0.15) is 0 Å². The van der Waals surface area contributed by atoms with Crippen LogP contribution < -0.4 is 0 Å². The third kappa shape index (κ3) is 4.62. The van der Waals surface area contributed by atoms with E-state index in [-0.39, 0.29) is 0 Å². The lowest BCUT2D eigenvalue weighted by Gasteiger charge is -2.09. The molecule has 0 fully saturated rings. The first kappa shape index (κ1) is 20.7. The number of benzene rings is 3. The number of rotatable bonds is 8. The lowest BCUT2D eigenvalue weighted by atomic mass is 10.0. The first-order valence-corrected chi connectivity index (χ1v) is 12.2. The van der Waals surface area contributed by atoms with Gasteiger partial charge in [0.2, 0.25) is 0 Å². The normalized spacial score (nSPS) is 11.6. The fourth-order valence-electron chi connectivity index (χ4n) is 4.17. The quantitative estimate of drug-likeness (QED) is 0.207. The van der Waals surface area contributed by atoms with E-state index in [1.54, 1.807) is 0 Å². The second kappa shape index (κ2) is 9.49. The maximum absolute atomic E-state index is 3.63. The van der Waals surface area contributed by atoms with Crippen LogP contribution in [0.5, 0.6) is 0 Å². The summed E-state index contributed by atoms with van der Waals surface area (Å²) in [5, 5.41) is 2.54. The summed E-state index contributed by atoms with van der Waals surface area (Å²) in [5.74, 6) is 0. The molecule has 0 atom stereocenters. The molecule has 0 unspecified atom stereocenters. The van der Waals surface area contributed by atoms with E-state index in [0.717, 1.165) is 8.95 Å². The Hall–Kier alpha value is -1.58. The molecule has 0 aliphatic heterocycles. The van der Waals surface area contributed by atoms with E-state index in [0.29, 0.717) is 0 Å². The van der Waals surface area contributed by atoms with Crippen molar-refractivity contribution in [3.63, 3.8) is 0 Å². The molecule has 0 radical (unpaired) electrons. The molecular formula is C26H27Br2N. The summed E-state index contributed by atoms with van der Waals surface area (Å²) < 4.78 is 4.59. The Kier molecular flexibility index (Phi) is 6.77. The fourth-order valence-corrected chi connectivity index (χ4v) is 4.89. The minimum absolute atomic E-state index is 1.11. The molecule has 3 aromatic carbocycles. The molecule has 150 valence electrons. The number of unbranched alkanes of at least 4 members (excludes halogenated alkanes) is 5. The van der Waals surface area contributed by atoms with Crippen molar-refractivity contribution in [2.24, 2.45) is 0 Å². The second-order valence-corrected chi connectivity index (χ2v) is 9.67. The van der Waals surface area contributed by atoms with Gasteiger partial charge in [0.15, 0.2) is 0 Å². The Balaban J connectivity index is 1.61. The first-order chi connectivity index (χ1) is 14.2. The van der Waals surface area contributed by atoms with Gasteiger partial charge in [-0.1, -0.05) is 83.0 Å². The van der Waals surface area contributed by atoms with Crippen LogP contribution in [0.3, 0.4) is 0 Å². The molecular weight excluding hydrogens is 486 g/mol. The van der Waals surface area contributed by atoms with E-state index in [2.05, 4.69) is 104 Å².